The van der Waals surface area contributed by atoms with Crippen LogP contribution in [-0.4, -0.2) is 62.8 Å². The van der Waals surface area contributed by atoms with Gasteiger partial charge in [0.15, 0.2) is 0 Å². The van der Waals surface area contributed by atoms with Gasteiger partial charge >= 0.3 is 24.4 Å². The van der Waals surface area contributed by atoms with Gasteiger partial charge < -0.3 is 40.2 Å². The Labute approximate surface area is 289 Å². The maximum atomic E-state index is 12.2. The van der Waals surface area contributed by atoms with E-state index in [4.69, 9.17) is 18.9 Å². The summed E-state index contributed by atoms with van der Waals surface area (Å²) >= 11 is 0. The van der Waals surface area contributed by atoms with Crippen LogP contribution in [0, 0.1) is 11.8 Å². The van der Waals surface area contributed by atoms with Gasteiger partial charge in [0.1, 0.15) is 13.2 Å². The molecular formula is C37H52N4O8. The summed E-state index contributed by atoms with van der Waals surface area (Å²) in [5.74, 6) is 1.32. The predicted octanol–water partition coefficient (Wildman–Crippen LogP) is 6.58. The van der Waals surface area contributed by atoms with E-state index in [1.807, 2.05) is 60.7 Å². The smallest absolute Gasteiger partial charge is 0.407 e. The van der Waals surface area contributed by atoms with Crippen LogP contribution in [0.3, 0.4) is 0 Å². The molecule has 0 saturated heterocycles. The van der Waals surface area contributed by atoms with E-state index in [2.05, 4.69) is 21.3 Å². The second kappa shape index (κ2) is 21.5. The molecule has 2 aliphatic rings. The third kappa shape index (κ3) is 15.5. The maximum absolute atomic E-state index is 12.2. The van der Waals surface area contributed by atoms with E-state index in [1.54, 1.807) is 0 Å². The SMILES string of the molecule is O=C(NCCCOC(=O)NC1CCC(CC2CCC(NC(=O)OCCCNC(=O)OCc3ccccc3)CC2)CC1)OCc1ccccc1. The first-order valence-electron chi connectivity index (χ1n) is 17.7. The Morgan fingerprint density at radius 3 is 1.29 bits per heavy atom. The summed E-state index contributed by atoms with van der Waals surface area (Å²) in [7, 11) is 0. The molecule has 4 amide bonds. The minimum absolute atomic E-state index is 0.130. The first kappa shape index (κ1) is 37.3. The second-order valence-corrected chi connectivity index (χ2v) is 12.9. The van der Waals surface area contributed by atoms with Crippen LogP contribution < -0.4 is 21.3 Å². The molecule has 0 atom stereocenters. The second-order valence-electron chi connectivity index (χ2n) is 12.9. The van der Waals surface area contributed by atoms with Crippen LogP contribution in [0.4, 0.5) is 19.2 Å². The highest BCUT2D eigenvalue weighted by atomic mass is 16.6. The van der Waals surface area contributed by atoms with Crippen molar-refractivity contribution in [3.8, 4) is 0 Å². The third-order valence-corrected chi connectivity index (χ3v) is 9.08. The number of nitrogens with one attached hydrogen (secondary N) is 4. The van der Waals surface area contributed by atoms with Crippen molar-refractivity contribution in [1.29, 1.82) is 0 Å². The molecule has 4 rings (SSSR count). The van der Waals surface area contributed by atoms with E-state index in [-0.39, 0.29) is 38.5 Å². The van der Waals surface area contributed by atoms with Crippen molar-refractivity contribution in [3.63, 3.8) is 0 Å². The monoisotopic (exact) mass is 680 g/mol. The average molecular weight is 681 g/mol. The van der Waals surface area contributed by atoms with Gasteiger partial charge in [-0.3, -0.25) is 0 Å². The number of alkyl carbamates (subject to hydrolysis) is 4. The van der Waals surface area contributed by atoms with E-state index >= 15 is 0 Å². The number of benzene rings is 2. The zero-order valence-electron chi connectivity index (χ0n) is 28.4. The number of carbonyl (C=O) groups is 4. The Kier molecular flexibility index (Phi) is 16.4. The molecule has 0 spiro atoms. The molecule has 0 bridgehead atoms. The van der Waals surface area contributed by atoms with Crippen LogP contribution in [0.1, 0.15) is 81.8 Å². The molecule has 0 radical (unpaired) electrons. The van der Waals surface area contributed by atoms with Crippen molar-refractivity contribution in [2.45, 2.75) is 95.9 Å². The third-order valence-electron chi connectivity index (χ3n) is 9.08. The lowest BCUT2D eigenvalue weighted by molar-refractivity contribution is 0.129. The normalized spacial score (nSPS) is 20.2. The number of hydrogen-bond donors (Lipinski definition) is 4. The van der Waals surface area contributed by atoms with Crippen LogP contribution in [-0.2, 0) is 32.2 Å². The summed E-state index contributed by atoms with van der Waals surface area (Å²) < 4.78 is 20.9. The Morgan fingerprint density at radius 2 is 0.898 bits per heavy atom. The first-order valence-corrected chi connectivity index (χ1v) is 17.7. The van der Waals surface area contributed by atoms with E-state index in [9.17, 15) is 19.2 Å². The van der Waals surface area contributed by atoms with Gasteiger partial charge in [-0.05, 0) is 93.6 Å². The van der Waals surface area contributed by atoms with E-state index in [0.717, 1.165) is 62.5 Å². The van der Waals surface area contributed by atoms with Crippen molar-refractivity contribution in [2.75, 3.05) is 26.3 Å². The van der Waals surface area contributed by atoms with Crippen molar-refractivity contribution < 1.29 is 38.1 Å². The Morgan fingerprint density at radius 1 is 0.510 bits per heavy atom. The van der Waals surface area contributed by atoms with Gasteiger partial charge in [-0.1, -0.05) is 60.7 Å². The number of hydrogen-bond acceptors (Lipinski definition) is 8. The topological polar surface area (TPSA) is 153 Å². The van der Waals surface area contributed by atoms with Crippen LogP contribution in [0.15, 0.2) is 60.7 Å². The Balaban J connectivity index is 0.944. The van der Waals surface area contributed by atoms with Crippen LogP contribution in [0.2, 0.25) is 0 Å². The van der Waals surface area contributed by atoms with Crippen molar-refractivity contribution in [3.05, 3.63) is 71.8 Å². The highest BCUT2D eigenvalue weighted by molar-refractivity contribution is 5.68. The molecule has 49 heavy (non-hydrogen) atoms. The predicted molar refractivity (Wildman–Crippen MR) is 184 cm³/mol. The number of ether oxygens (including phenoxy) is 4. The van der Waals surface area contributed by atoms with Crippen LogP contribution in [0.5, 0.6) is 0 Å². The molecule has 0 unspecified atom stereocenters. The summed E-state index contributed by atoms with van der Waals surface area (Å²) in [4.78, 5) is 48.1. The quantitative estimate of drug-likeness (QED) is 0.115. The van der Waals surface area contributed by atoms with Crippen LogP contribution >= 0.6 is 0 Å². The van der Waals surface area contributed by atoms with Crippen LogP contribution in [0.25, 0.3) is 0 Å². The Hall–Kier alpha value is -4.48. The largest absolute Gasteiger partial charge is 0.449 e. The summed E-state index contributed by atoms with van der Waals surface area (Å²) in [6, 6.07) is 19.2. The Bertz CT molecular complexity index is 1170. The van der Waals surface area contributed by atoms with Gasteiger partial charge in [-0.25, -0.2) is 19.2 Å². The summed E-state index contributed by atoms with van der Waals surface area (Å²) in [5.41, 5.74) is 1.84. The fourth-order valence-electron chi connectivity index (χ4n) is 6.38. The lowest BCUT2D eigenvalue weighted by Crippen LogP contribution is -2.39. The van der Waals surface area contributed by atoms with E-state index in [1.165, 1.54) is 6.42 Å². The number of carbonyl (C=O) groups excluding carboxylic acids is 4. The molecule has 2 fully saturated rings. The lowest BCUT2D eigenvalue weighted by atomic mass is 9.76. The molecular weight excluding hydrogens is 628 g/mol. The van der Waals surface area contributed by atoms with Gasteiger partial charge in [0, 0.05) is 25.2 Å². The molecule has 0 aliphatic heterocycles. The fraction of sp³-hybridized carbons (Fsp3) is 0.568. The fourth-order valence-corrected chi connectivity index (χ4v) is 6.38. The van der Waals surface area contributed by atoms with Crippen molar-refractivity contribution in [1.82, 2.24) is 21.3 Å². The number of amides is 4. The summed E-state index contributed by atoms with van der Waals surface area (Å²) in [6.45, 7) is 1.60. The molecule has 2 aliphatic carbocycles. The molecule has 268 valence electrons. The lowest BCUT2D eigenvalue weighted by Gasteiger charge is -2.34. The maximum Gasteiger partial charge on any atom is 0.407 e. The first-order chi connectivity index (χ1) is 23.9. The van der Waals surface area contributed by atoms with Crippen molar-refractivity contribution >= 4 is 24.4 Å². The molecule has 4 N–H and O–H groups in total. The minimum Gasteiger partial charge on any atom is -0.449 e. The van der Waals surface area contributed by atoms with Gasteiger partial charge in [-0.2, -0.15) is 0 Å². The summed E-state index contributed by atoms with van der Waals surface area (Å²) in [5, 5.41) is 11.3. The molecule has 2 aromatic carbocycles. The minimum atomic E-state index is -0.492. The summed E-state index contributed by atoms with van der Waals surface area (Å²) in [6.07, 6.45) is 8.54. The molecule has 0 aromatic heterocycles. The molecule has 2 aromatic rings. The van der Waals surface area contributed by atoms with E-state index < -0.39 is 24.4 Å². The zero-order chi connectivity index (χ0) is 34.5. The highest BCUT2D eigenvalue weighted by Gasteiger charge is 2.28. The molecule has 12 heteroatoms. The van der Waals surface area contributed by atoms with Gasteiger partial charge in [-0.15, -0.1) is 0 Å². The molecule has 0 heterocycles. The van der Waals surface area contributed by atoms with Gasteiger partial charge in [0.05, 0.1) is 13.2 Å². The molecule has 12 nitrogen and oxygen atoms in total. The van der Waals surface area contributed by atoms with Gasteiger partial charge in [0.2, 0.25) is 0 Å². The number of rotatable bonds is 16. The highest BCUT2D eigenvalue weighted by Crippen LogP contribution is 2.35. The average Bonchev–Trinajstić information content (AvgIpc) is 3.12. The standard InChI is InChI=1S/C37H52N4O8/c42-34(48-26-30-9-3-1-4-10-30)38-21-7-23-46-36(44)40-32-17-13-28(14-18-32)25-29-15-19-33(20-16-29)41-37(45)47-24-8-22-39-35(43)49-27-31-11-5-2-6-12-31/h1-6,9-12,28-29,32-33H,7-8,13-27H2,(H,38,42)(H,39,43)(H,40,44)(H,41,45). The van der Waals surface area contributed by atoms with Gasteiger partial charge in [0.25, 0.3) is 0 Å². The van der Waals surface area contributed by atoms with E-state index in [0.29, 0.717) is 37.8 Å². The molecule has 2 saturated carbocycles. The zero-order valence-corrected chi connectivity index (χ0v) is 28.4. The van der Waals surface area contributed by atoms with Crippen molar-refractivity contribution in [2.24, 2.45) is 11.8 Å².